The number of nitrogens with one attached hydrogen (secondary N) is 1. The van der Waals surface area contributed by atoms with Gasteiger partial charge in [0.15, 0.2) is 0 Å². The van der Waals surface area contributed by atoms with Gasteiger partial charge in [-0.05, 0) is 53.9 Å². The number of rotatable bonds is 8. The molecule has 0 fully saturated rings. The lowest BCUT2D eigenvalue weighted by Crippen LogP contribution is -2.38. The fourth-order valence-electron chi connectivity index (χ4n) is 2.60. The lowest BCUT2D eigenvalue weighted by molar-refractivity contribution is 0.0931. The first-order valence-electron chi connectivity index (χ1n) is 7.74. The number of carbonyl (C=O) groups excluding carboxylic acids is 1. The Morgan fingerprint density at radius 2 is 2.17 bits per heavy atom. The van der Waals surface area contributed by atoms with Gasteiger partial charge in [-0.1, -0.05) is 13.8 Å². The van der Waals surface area contributed by atoms with Gasteiger partial charge >= 0.3 is 0 Å². The molecule has 0 bridgehead atoms. The molecule has 0 aliphatic carbocycles. The van der Waals surface area contributed by atoms with E-state index in [2.05, 4.69) is 45.9 Å². The van der Waals surface area contributed by atoms with E-state index < -0.39 is 0 Å². The van der Waals surface area contributed by atoms with Crippen LogP contribution in [0, 0.1) is 0 Å². The molecule has 124 valence electrons. The molecule has 6 heteroatoms. The van der Waals surface area contributed by atoms with Crippen molar-refractivity contribution in [2.45, 2.75) is 24.9 Å². The van der Waals surface area contributed by atoms with E-state index >= 15 is 0 Å². The van der Waals surface area contributed by atoms with Gasteiger partial charge in [0.2, 0.25) is 0 Å². The van der Waals surface area contributed by atoms with Gasteiger partial charge in [-0.3, -0.25) is 9.69 Å². The summed E-state index contributed by atoms with van der Waals surface area (Å²) in [6, 6.07) is 5.97. The summed E-state index contributed by atoms with van der Waals surface area (Å²) in [6.45, 7) is 6.81. The number of hydrogen-bond acceptors (Lipinski definition) is 5. The Hall–Kier alpha value is -1.37. The molecule has 1 N–H and O–H groups in total. The van der Waals surface area contributed by atoms with Crippen molar-refractivity contribution in [2.75, 3.05) is 25.9 Å². The number of amides is 1. The largest absolute Gasteiger partial charge is 0.350 e. The molecule has 4 nitrogen and oxygen atoms in total. The van der Waals surface area contributed by atoms with E-state index in [0.717, 1.165) is 18.1 Å². The van der Waals surface area contributed by atoms with Gasteiger partial charge < -0.3 is 5.32 Å². The summed E-state index contributed by atoms with van der Waals surface area (Å²) in [5.41, 5.74) is 1.90. The number of carbonyl (C=O) groups is 1. The molecule has 0 radical (unpaired) electrons. The third-order valence-corrected chi connectivity index (χ3v) is 5.26. The van der Waals surface area contributed by atoms with Crippen molar-refractivity contribution in [3.05, 3.63) is 46.3 Å². The topological polar surface area (TPSA) is 45.2 Å². The highest BCUT2D eigenvalue weighted by Gasteiger charge is 2.20. The third kappa shape index (κ3) is 4.56. The summed E-state index contributed by atoms with van der Waals surface area (Å²) in [5, 5.41) is 8.09. The molecular formula is C17H23N3OS2. The molecule has 0 spiro atoms. The highest BCUT2D eigenvalue weighted by Crippen LogP contribution is 2.23. The highest BCUT2D eigenvalue weighted by molar-refractivity contribution is 7.98. The Morgan fingerprint density at radius 1 is 1.39 bits per heavy atom. The van der Waals surface area contributed by atoms with Crippen LogP contribution in [0.25, 0.3) is 0 Å². The van der Waals surface area contributed by atoms with E-state index in [-0.39, 0.29) is 11.9 Å². The maximum atomic E-state index is 12.5. The minimum Gasteiger partial charge on any atom is -0.350 e. The van der Waals surface area contributed by atoms with Crippen molar-refractivity contribution in [3.8, 4) is 0 Å². The van der Waals surface area contributed by atoms with Crippen molar-refractivity contribution in [1.82, 2.24) is 15.2 Å². The zero-order valence-corrected chi connectivity index (χ0v) is 15.4. The van der Waals surface area contributed by atoms with E-state index in [1.54, 1.807) is 23.6 Å². The summed E-state index contributed by atoms with van der Waals surface area (Å²) in [4.78, 5) is 19.1. The van der Waals surface area contributed by atoms with Crippen molar-refractivity contribution in [2.24, 2.45) is 0 Å². The lowest BCUT2D eigenvalue weighted by atomic mass is 10.1. The van der Waals surface area contributed by atoms with Gasteiger partial charge in [-0.25, -0.2) is 4.98 Å². The van der Waals surface area contributed by atoms with Gasteiger partial charge in [-0.2, -0.15) is 11.3 Å². The zero-order valence-electron chi connectivity index (χ0n) is 13.8. The average Bonchev–Trinajstić information content (AvgIpc) is 3.12. The minimum atomic E-state index is -0.0603. The highest BCUT2D eigenvalue weighted by atomic mass is 32.2. The van der Waals surface area contributed by atoms with Crippen LogP contribution < -0.4 is 5.32 Å². The van der Waals surface area contributed by atoms with Gasteiger partial charge in [0.1, 0.15) is 5.03 Å². The van der Waals surface area contributed by atoms with Crippen LogP contribution in [0.4, 0.5) is 0 Å². The van der Waals surface area contributed by atoms with Crippen LogP contribution in [0.5, 0.6) is 0 Å². The summed E-state index contributed by atoms with van der Waals surface area (Å²) in [6.07, 6.45) is 3.65. The predicted molar refractivity (Wildman–Crippen MR) is 98.3 cm³/mol. The van der Waals surface area contributed by atoms with Gasteiger partial charge in [0, 0.05) is 12.7 Å². The lowest BCUT2D eigenvalue weighted by Gasteiger charge is -2.29. The Morgan fingerprint density at radius 3 is 2.78 bits per heavy atom. The molecule has 23 heavy (non-hydrogen) atoms. The molecule has 0 aromatic carbocycles. The average molecular weight is 350 g/mol. The molecule has 2 heterocycles. The molecule has 2 rings (SSSR count). The van der Waals surface area contributed by atoms with Crippen molar-refractivity contribution in [1.29, 1.82) is 0 Å². The molecular weight excluding hydrogens is 326 g/mol. The minimum absolute atomic E-state index is 0.0603. The van der Waals surface area contributed by atoms with Crippen LogP contribution >= 0.6 is 23.1 Å². The maximum absolute atomic E-state index is 12.5. The number of thiophene rings is 1. The Labute approximate surface area is 146 Å². The van der Waals surface area contributed by atoms with Crippen LogP contribution in [-0.2, 0) is 0 Å². The van der Waals surface area contributed by atoms with Crippen LogP contribution in [-0.4, -0.2) is 41.7 Å². The predicted octanol–water partition coefficient (Wildman–Crippen LogP) is 3.68. The molecule has 0 aliphatic rings. The van der Waals surface area contributed by atoms with Crippen molar-refractivity contribution < 1.29 is 4.79 Å². The Kier molecular flexibility index (Phi) is 7.08. The van der Waals surface area contributed by atoms with E-state index in [4.69, 9.17) is 0 Å². The fraction of sp³-hybridized carbons (Fsp3) is 0.412. The van der Waals surface area contributed by atoms with E-state index in [0.29, 0.717) is 12.1 Å². The maximum Gasteiger partial charge on any atom is 0.254 e. The van der Waals surface area contributed by atoms with Crippen LogP contribution in [0.15, 0.2) is 40.2 Å². The summed E-state index contributed by atoms with van der Waals surface area (Å²) < 4.78 is 0. The van der Waals surface area contributed by atoms with Gasteiger partial charge in [0.25, 0.3) is 5.91 Å². The smallest absolute Gasteiger partial charge is 0.254 e. The first-order valence-corrected chi connectivity index (χ1v) is 9.91. The molecule has 1 unspecified atom stereocenters. The summed E-state index contributed by atoms with van der Waals surface area (Å²) in [5.74, 6) is -0.0603. The van der Waals surface area contributed by atoms with E-state index in [1.165, 1.54) is 17.3 Å². The van der Waals surface area contributed by atoms with Crippen molar-refractivity contribution in [3.63, 3.8) is 0 Å². The molecule has 2 aromatic rings. The standard InChI is InChI=1S/C17H23N3OS2/c1-4-20(5-2)15(13-8-10-23-12-13)11-19-16(21)14-7-6-9-18-17(14)22-3/h6-10,12,15H,4-5,11H2,1-3H3,(H,19,21). The summed E-state index contributed by atoms with van der Waals surface area (Å²) >= 11 is 3.18. The second-order valence-electron chi connectivity index (χ2n) is 5.06. The summed E-state index contributed by atoms with van der Waals surface area (Å²) in [7, 11) is 0. The zero-order chi connectivity index (χ0) is 16.7. The van der Waals surface area contributed by atoms with Gasteiger partial charge in [-0.15, -0.1) is 11.8 Å². The first kappa shape index (κ1) is 18.0. The van der Waals surface area contributed by atoms with Crippen LogP contribution in [0.2, 0.25) is 0 Å². The quantitative estimate of drug-likeness (QED) is 0.739. The number of thioether (sulfide) groups is 1. The Balaban J connectivity index is 2.10. The molecule has 0 saturated heterocycles. The molecule has 0 aliphatic heterocycles. The molecule has 2 aromatic heterocycles. The number of aromatic nitrogens is 1. The molecule has 1 atom stereocenters. The monoisotopic (exact) mass is 349 g/mol. The van der Waals surface area contributed by atoms with Gasteiger partial charge in [0.05, 0.1) is 11.6 Å². The number of pyridine rings is 1. The number of likely N-dealkylation sites (N-methyl/N-ethyl adjacent to an activating group) is 1. The second kappa shape index (κ2) is 9.05. The number of nitrogens with zero attached hydrogens (tertiary/aromatic N) is 2. The van der Waals surface area contributed by atoms with E-state index in [9.17, 15) is 4.79 Å². The van der Waals surface area contributed by atoms with Crippen LogP contribution in [0.1, 0.15) is 35.8 Å². The second-order valence-corrected chi connectivity index (χ2v) is 6.64. The SMILES string of the molecule is CCN(CC)C(CNC(=O)c1cccnc1SC)c1ccsc1. The normalized spacial score (nSPS) is 12.3. The third-order valence-electron chi connectivity index (χ3n) is 3.85. The van der Waals surface area contributed by atoms with Crippen molar-refractivity contribution >= 4 is 29.0 Å². The molecule has 0 saturated carbocycles. The number of hydrogen-bond donors (Lipinski definition) is 1. The first-order chi connectivity index (χ1) is 11.2. The fourth-order valence-corrected chi connectivity index (χ4v) is 3.85. The van der Waals surface area contributed by atoms with E-state index in [1.807, 2.05) is 12.3 Å². The van der Waals surface area contributed by atoms with Crippen LogP contribution in [0.3, 0.4) is 0 Å². The Bertz CT molecular complexity index is 612. The molecule has 1 amide bonds.